The summed E-state index contributed by atoms with van der Waals surface area (Å²) < 4.78 is 6.13. The minimum absolute atomic E-state index is 0. The molecule has 1 aliphatic rings. The van der Waals surface area contributed by atoms with Crippen LogP contribution in [-0.2, 0) is 4.74 Å². The van der Waals surface area contributed by atoms with Crippen LogP contribution in [0, 0.1) is 17.8 Å². The van der Waals surface area contributed by atoms with E-state index in [2.05, 4.69) is 65.5 Å². The second-order valence-corrected chi connectivity index (χ2v) is 11.7. The first kappa shape index (κ1) is 31.2. The first-order valence-electron chi connectivity index (χ1n) is 13.9. The Morgan fingerprint density at radius 1 is 1.00 bits per heavy atom. The molecule has 1 N–H and O–H groups in total. The Balaban J connectivity index is 0.00000481. The van der Waals surface area contributed by atoms with Crippen molar-refractivity contribution in [3.8, 4) is 5.75 Å². The number of esters is 1. The Kier molecular flexibility index (Phi) is 12.0. The number of phenols is 1. The molecule has 0 aromatic heterocycles. The van der Waals surface area contributed by atoms with Crippen LogP contribution in [-0.4, -0.2) is 40.7 Å². The SMILES string of the molecule is CC(C)[C@@H]1CC[C@@H](C)C[C@H]1OC(=O)c1ccc(O)c([C@H](CCN(C(C)C)C(C)C)c2ccccc2)c1.Cl. The first-order valence-corrected chi connectivity index (χ1v) is 13.9. The van der Waals surface area contributed by atoms with E-state index in [0.717, 1.165) is 36.9 Å². The number of hydrogen-bond acceptors (Lipinski definition) is 4. The van der Waals surface area contributed by atoms with Crippen LogP contribution in [0.1, 0.15) is 102 Å². The summed E-state index contributed by atoms with van der Waals surface area (Å²) in [5.74, 6) is 1.39. The molecule has 0 amide bonds. The van der Waals surface area contributed by atoms with Crippen molar-refractivity contribution in [1.29, 1.82) is 0 Å². The number of carbonyl (C=O) groups is 1. The lowest BCUT2D eigenvalue weighted by atomic mass is 9.75. The smallest absolute Gasteiger partial charge is 0.338 e. The molecule has 0 bridgehead atoms. The number of benzene rings is 2. The average Bonchev–Trinajstić information content (AvgIpc) is 2.82. The van der Waals surface area contributed by atoms with Crippen LogP contribution in [0.15, 0.2) is 48.5 Å². The topological polar surface area (TPSA) is 49.8 Å². The van der Waals surface area contributed by atoms with Crippen molar-refractivity contribution in [2.24, 2.45) is 17.8 Å². The minimum Gasteiger partial charge on any atom is -0.508 e. The third-order valence-electron chi connectivity index (χ3n) is 8.06. The fraction of sp³-hybridized carbons (Fsp3) is 0.594. The van der Waals surface area contributed by atoms with Gasteiger partial charge in [0.25, 0.3) is 0 Å². The molecular weight excluding hydrogens is 482 g/mol. The zero-order chi connectivity index (χ0) is 26.4. The van der Waals surface area contributed by atoms with Gasteiger partial charge in [-0.1, -0.05) is 57.5 Å². The summed E-state index contributed by atoms with van der Waals surface area (Å²) >= 11 is 0. The highest BCUT2D eigenvalue weighted by Crippen LogP contribution is 2.37. The maximum absolute atomic E-state index is 13.3. The van der Waals surface area contributed by atoms with Crippen molar-refractivity contribution in [3.05, 3.63) is 65.2 Å². The first-order chi connectivity index (χ1) is 17.1. The van der Waals surface area contributed by atoms with E-state index < -0.39 is 0 Å². The largest absolute Gasteiger partial charge is 0.508 e. The fourth-order valence-electron chi connectivity index (χ4n) is 5.99. The van der Waals surface area contributed by atoms with Gasteiger partial charge in [-0.05, 0) is 95.0 Å². The maximum Gasteiger partial charge on any atom is 0.338 e. The van der Waals surface area contributed by atoms with Gasteiger partial charge in [-0.3, -0.25) is 4.90 Å². The molecule has 1 aliphatic carbocycles. The van der Waals surface area contributed by atoms with Crippen molar-refractivity contribution >= 4 is 18.4 Å². The average molecular weight is 530 g/mol. The predicted molar refractivity (Wildman–Crippen MR) is 156 cm³/mol. The molecule has 206 valence electrons. The van der Waals surface area contributed by atoms with E-state index in [1.54, 1.807) is 12.1 Å². The fourth-order valence-corrected chi connectivity index (χ4v) is 5.99. The number of aromatic hydroxyl groups is 1. The van der Waals surface area contributed by atoms with Crippen molar-refractivity contribution in [2.45, 2.75) is 98.3 Å². The van der Waals surface area contributed by atoms with Crippen LogP contribution in [0.3, 0.4) is 0 Å². The zero-order valence-corrected chi connectivity index (χ0v) is 24.6. The van der Waals surface area contributed by atoms with Crippen molar-refractivity contribution < 1.29 is 14.6 Å². The number of phenolic OH excluding ortho intramolecular Hbond substituents is 1. The molecule has 2 aromatic rings. The number of ether oxygens (including phenoxy) is 1. The number of carbonyl (C=O) groups excluding carboxylic acids is 1. The molecule has 1 fully saturated rings. The molecule has 4 nitrogen and oxygen atoms in total. The Morgan fingerprint density at radius 2 is 1.65 bits per heavy atom. The van der Waals surface area contributed by atoms with Gasteiger partial charge in [-0.15, -0.1) is 12.4 Å². The van der Waals surface area contributed by atoms with E-state index in [1.165, 1.54) is 6.42 Å². The molecule has 0 heterocycles. The lowest BCUT2D eigenvalue weighted by molar-refractivity contribution is -0.0174. The van der Waals surface area contributed by atoms with Crippen LogP contribution in [0.5, 0.6) is 5.75 Å². The monoisotopic (exact) mass is 529 g/mol. The highest BCUT2D eigenvalue weighted by Gasteiger charge is 2.34. The van der Waals surface area contributed by atoms with Gasteiger partial charge in [0.1, 0.15) is 11.9 Å². The molecule has 0 saturated heterocycles. The van der Waals surface area contributed by atoms with Crippen molar-refractivity contribution in [1.82, 2.24) is 4.90 Å². The molecule has 0 radical (unpaired) electrons. The van der Waals surface area contributed by atoms with E-state index in [0.29, 0.717) is 35.4 Å². The summed E-state index contributed by atoms with van der Waals surface area (Å²) in [6.45, 7) is 16.5. The van der Waals surface area contributed by atoms with Crippen LogP contribution in [0.25, 0.3) is 0 Å². The summed E-state index contributed by atoms with van der Waals surface area (Å²) in [7, 11) is 0. The van der Waals surface area contributed by atoms with E-state index >= 15 is 0 Å². The molecule has 3 rings (SSSR count). The third kappa shape index (κ3) is 8.22. The van der Waals surface area contributed by atoms with Crippen LogP contribution in [0.2, 0.25) is 0 Å². The molecule has 5 heteroatoms. The number of halogens is 1. The van der Waals surface area contributed by atoms with Crippen molar-refractivity contribution in [2.75, 3.05) is 6.54 Å². The highest BCUT2D eigenvalue weighted by molar-refractivity contribution is 5.90. The highest BCUT2D eigenvalue weighted by atomic mass is 35.5. The molecule has 2 aromatic carbocycles. The van der Waals surface area contributed by atoms with Gasteiger partial charge in [0, 0.05) is 23.6 Å². The summed E-state index contributed by atoms with van der Waals surface area (Å²) in [5, 5.41) is 10.9. The molecule has 0 aliphatic heterocycles. The molecule has 0 spiro atoms. The quantitative estimate of drug-likeness (QED) is 0.316. The Labute approximate surface area is 231 Å². The zero-order valence-electron chi connectivity index (χ0n) is 23.8. The summed E-state index contributed by atoms with van der Waals surface area (Å²) in [6, 6.07) is 16.4. The lowest BCUT2D eigenvalue weighted by Gasteiger charge is -2.36. The van der Waals surface area contributed by atoms with E-state index in [1.807, 2.05) is 24.3 Å². The maximum atomic E-state index is 13.3. The molecule has 0 unspecified atom stereocenters. The molecule has 1 saturated carbocycles. The van der Waals surface area contributed by atoms with Crippen LogP contribution < -0.4 is 0 Å². The summed E-state index contributed by atoms with van der Waals surface area (Å²) in [6.07, 6.45) is 4.03. The Bertz CT molecular complexity index is 967. The second kappa shape index (κ2) is 14.2. The van der Waals surface area contributed by atoms with Gasteiger partial charge in [0.15, 0.2) is 0 Å². The van der Waals surface area contributed by atoms with Gasteiger partial charge >= 0.3 is 5.97 Å². The van der Waals surface area contributed by atoms with E-state index in [4.69, 9.17) is 4.74 Å². The van der Waals surface area contributed by atoms with E-state index in [-0.39, 0.29) is 36.1 Å². The van der Waals surface area contributed by atoms with E-state index in [9.17, 15) is 9.90 Å². The summed E-state index contributed by atoms with van der Waals surface area (Å²) in [4.78, 5) is 15.8. The number of rotatable bonds is 10. The predicted octanol–water partition coefficient (Wildman–Crippen LogP) is 8.07. The lowest BCUT2D eigenvalue weighted by Crippen LogP contribution is -2.38. The normalized spacial score (nSPS) is 20.8. The Hall–Kier alpha value is -2.04. The number of hydrogen-bond donors (Lipinski definition) is 1. The molecular formula is C32H48ClNO3. The number of nitrogens with zero attached hydrogens (tertiary/aromatic N) is 1. The summed E-state index contributed by atoms with van der Waals surface area (Å²) in [5.41, 5.74) is 2.46. The minimum atomic E-state index is -0.279. The van der Waals surface area contributed by atoms with Gasteiger partial charge in [0.05, 0.1) is 5.56 Å². The van der Waals surface area contributed by atoms with Gasteiger partial charge in [0.2, 0.25) is 0 Å². The van der Waals surface area contributed by atoms with Gasteiger partial charge < -0.3 is 9.84 Å². The van der Waals surface area contributed by atoms with Gasteiger partial charge in [-0.2, -0.15) is 0 Å². The third-order valence-corrected chi connectivity index (χ3v) is 8.06. The van der Waals surface area contributed by atoms with Crippen molar-refractivity contribution in [3.63, 3.8) is 0 Å². The van der Waals surface area contributed by atoms with Crippen LogP contribution >= 0.6 is 12.4 Å². The molecule has 37 heavy (non-hydrogen) atoms. The molecule has 4 atom stereocenters. The standard InChI is InChI=1S/C32H47NO3.ClH/c1-21(2)27-15-13-24(7)19-31(27)36-32(35)26-14-16-30(34)29(20-26)28(25-11-9-8-10-12-25)17-18-33(22(3)4)23(5)6;/h8-12,14,16,20-24,27-28,31,34H,13,15,17-19H2,1-7H3;1H/t24-,27+,28-,31-;/m1./s1. The Morgan fingerprint density at radius 3 is 2.24 bits per heavy atom. The second-order valence-electron chi connectivity index (χ2n) is 11.7. The van der Waals surface area contributed by atoms with Crippen LogP contribution in [0.4, 0.5) is 0 Å². The van der Waals surface area contributed by atoms with Gasteiger partial charge in [-0.25, -0.2) is 4.79 Å².